The van der Waals surface area contributed by atoms with Crippen molar-refractivity contribution in [1.82, 2.24) is 4.90 Å². The van der Waals surface area contributed by atoms with Crippen LogP contribution in [0.2, 0.25) is 0 Å². The molecule has 2 heterocycles. The van der Waals surface area contributed by atoms with E-state index in [-0.39, 0.29) is 5.91 Å². The van der Waals surface area contributed by atoms with Crippen LogP contribution in [-0.2, 0) is 4.79 Å². The molecule has 0 aromatic carbocycles. The summed E-state index contributed by atoms with van der Waals surface area (Å²) in [6.45, 7) is 0.584. The molecule has 0 atom stereocenters. The van der Waals surface area contributed by atoms with Gasteiger partial charge in [-0.05, 0) is 12.2 Å². The molecular formula is C8H7ClN2O. The third-order valence-corrected chi connectivity index (χ3v) is 1.98. The van der Waals surface area contributed by atoms with Gasteiger partial charge in [0.1, 0.15) is 5.84 Å². The molecule has 0 fully saturated rings. The quantitative estimate of drug-likeness (QED) is 0.555. The lowest BCUT2D eigenvalue weighted by Crippen LogP contribution is -2.36. The van der Waals surface area contributed by atoms with E-state index in [4.69, 9.17) is 11.6 Å². The number of hydrogen-bond donors (Lipinski definition) is 0. The predicted molar refractivity (Wildman–Crippen MR) is 46.8 cm³/mol. The summed E-state index contributed by atoms with van der Waals surface area (Å²) < 4.78 is 0. The summed E-state index contributed by atoms with van der Waals surface area (Å²) in [6.07, 6.45) is 5.55. The van der Waals surface area contributed by atoms with Crippen LogP contribution < -0.4 is 0 Å². The molecule has 0 aliphatic carbocycles. The van der Waals surface area contributed by atoms with Crippen molar-refractivity contribution >= 4 is 23.3 Å². The number of hydrogen-bond acceptors (Lipinski definition) is 2. The van der Waals surface area contributed by atoms with Crippen LogP contribution in [0.4, 0.5) is 0 Å². The minimum Gasteiger partial charge on any atom is -0.274 e. The third kappa shape index (κ3) is 1.16. The van der Waals surface area contributed by atoms with E-state index in [1.54, 1.807) is 18.4 Å². The van der Waals surface area contributed by atoms with Crippen LogP contribution >= 0.6 is 11.6 Å². The predicted octanol–water partition coefficient (Wildman–Crippen LogP) is 1.27. The monoisotopic (exact) mass is 182 g/mol. The van der Waals surface area contributed by atoms with Crippen molar-refractivity contribution < 1.29 is 4.79 Å². The topological polar surface area (TPSA) is 32.7 Å². The van der Waals surface area contributed by atoms with E-state index in [1.807, 2.05) is 0 Å². The van der Waals surface area contributed by atoms with Crippen molar-refractivity contribution in [2.45, 2.75) is 6.42 Å². The van der Waals surface area contributed by atoms with Gasteiger partial charge < -0.3 is 0 Å². The second kappa shape index (κ2) is 2.75. The molecule has 0 N–H and O–H groups in total. The molecule has 12 heavy (non-hydrogen) atoms. The van der Waals surface area contributed by atoms with Crippen molar-refractivity contribution in [3.63, 3.8) is 0 Å². The Hall–Kier alpha value is -1.09. The molecular weight excluding hydrogens is 176 g/mol. The molecule has 0 aromatic heterocycles. The highest BCUT2D eigenvalue weighted by Gasteiger charge is 2.21. The van der Waals surface area contributed by atoms with Gasteiger partial charge >= 0.3 is 0 Å². The molecule has 0 radical (unpaired) electrons. The Balaban J connectivity index is 2.38. The van der Waals surface area contributed by atoms with Crippen LogP contribution in [0.15, 0.2) is 28.4 Å². The number of carbonyl (C=O) groups excluding carboxylic acids is 1. The summed E-state index contributed by atoms with van der Waals surface area (Å²) in [4.78, 5) is 16.9. The first kappa shape index (κ1) is 7.55. The fourth-order valence-electron chi connectivity index (χ4n) is 1.18. The molecule has 2 aliphatic heterocycles. The summed E-state index contributed by atoms with van der Waals surface area (Å²) in [6, 6.07) is 0. The maximum absolute atomic E-state index is 11.3. The summed E-state index contributed by atoms with van der Waals surface area (Å²) >= 11 is 5.73. The largest absolute Gasteiger partial charge is 0.274 e. The zero-order valence-corrected chi connectivity index (χ0v) is 7.08. The van der Waals surface area contributed by atoms with Gasteiger partial charge in [-0.2, -0.15) is 0 Å². The van der Waals surface area contributed by atoms with E-state index in [0.29, 0.717) is 23.8 Å². The first-order valence-electron chi connectivity index (χ1n) is 3.69. The number of rotatable bonds is 0. The normalized spacial score (nSPS) is 21.8. The fraction of sp³-hybridized carbons (Fsp3) is 0.250. The molecule has 0 aromatic rings. The van der Waals surface area contributed by atoms with E-state index in [9.17, 15) is 4.79 Å². The average molecular weight is 183 g/mol. The number of allylic oxidation sites excluding steroid dienone is 2. The second-order valence-electron chi connectivity index (χ2n) is 2.60. The van der Waals surface area contributed by atoms with Crippen LogP contribution in [0.3, 0.4) is 0 Å². The lowest BCUT2D eigenvalue weighted by molar-refractivity contribution is -0.125. The number of nitrogens with zero attached hydrogens (tertiary/aromatic N) is 2. The Bertz CT molecular complexity index is 317. The summed E-state index contributed by atoms with van der Waals surface area (Å²) in [5.41, 5.74) is 0. The van der Waals surface area contributed by atoms with Gasteiger partial charge in [0.25, 0.3) is 0 Å². The molecule has 0 unspecified atom stereocenters. The minimum absolute atomic E-state index is 0.0579. The molecule has 2 aliphatic rings. The molecule has 62 valence electrons. The smallest absolute Gasteiger partial charge is 0.234 e. The van der Waals surface area contributed by atoms with Gasteiger partial charge in [-0.15, -0.1) is 0 Å². The highest BCUT2D eigenvalue weighted by Crippen LogP contribution is 2.16. The van der Waals surface area contributed by atoms with Crippen LogP contribution in [0, 0.1) is 0 Å². The molecule has 0 saturated heterocycles. The van der Waals surface area contributed by atoms with Crippen LogP contribution in [0.1, 0.15) is 6.42 Å². The first-order chi connectivity index (χ1) is 5.77. The average Bonchev–Trinajstić information content (AvgIpc) is 2.07. The van der Waals surface area contributed by atoms with Crippen molar-refractivity contribution in [3.05, 3.63) is 23.4 Å². The lowest BCUT2D eigenvalue weighted by atomic mass is 10.2. The zero-order chi connectivity index (χ0) is 8.55. The van der Waals surface area contributed by atoms with E-state index in [1.165, 1.54) is 4.90 Å². The Morgan fingerprint density at radius 2 is 2.33 bits per heavy atom. The molecule has 3 nitrogen and oxygen atoms in total. The van der Waals surface area contributed by atoms with Gasteiger partial charge in [0.05, 0.1) is 11.6 Å². The maximum atomic E-state index is 11.3. The number of carbonyl (C=O) groups is 1. The fourth-order valence-corrected chi connectivity index (χ4v) is 1.34. The molecule has 0 spiro atoms. The molecule has 4 heteroatoms. The molecule has 2 rings (SSSR count). The van der Waals surface area contributed by atoms with Crippen molar-refractivity contribution in [2.24, 2.45) is 4.99 Å². The maximum Gasteiger partial charge on any atom is 0.234 e. The van der Waals surface area contributed by atoms with Gasteiger partial charge in [0.15, 0.2) is 0 Å². The van der Waals surface area contributed by atoms with Crippen LogP contribution in [0.25, 0.3) is 0 Å². The highest BCUT2D eigenvalue weighted by molar-refractivity contribution is 6.32. The van der Waals surface area contributed by atoms with E-state index in [2.05, 4.69) is 4.99 Å². The number of halogens is 1. The molecule has 1 amide bonds. The van der Waals surface area contributed by atoms with Crippen molar-refractivity contribution in [1.29, 1.82) is 0 Å². The van der Waals surface area contributed by atoms with Gasteiger partial charge in [-0.3, -0.25) is 14.7 Å². The Kier molecular flexibility index (Phi) is 1.73. The van der Waals surface area contributed by atoms with E-state index in [0.717, 1.165) is 0 Å². The number of aliphatic imine (C=N–C) groups is 1. The highest BCUT2D eigenvalue weighted by atomic mass is 35.5. The Morgan fingerprint density at radius 1 is 1.50 bits per heavy atom. The van der Waals surface area contributed by atoms with E-state index >= 15 is 0 Å². The standard InChI is InChI=1S/C8H7ClN2O/c9-6-1-2-7-10-4-3-8(12)11(7)5-6/h1-2,5H,3-4H2. The second-order valence-corrected chi connectivity index (χ2v) is 3.04. The molecule has 0 saturated carbocycles. The number of amides is 1. The molecule has 0 bridgehead atoms. The third-order valence-electron chi connectivity index (χ3n) is 1.76. The number of amidine groups is 1. The van der Waals surface area contributed by atoms with Gasteiger partial charge in [0.2, 0.25) is 5.91 Å². The van der Waals surface area contributed by atoms with Crippen LogP contribution in [0.5, 0.6) is 0 Å². The van der Waals surface area contributed by atoms with Gasteiger partial charge in [-0.1, -0.05) is 11.6 Å². The summed E-state index contributed by atoms with van der Waals surface area (Å²) in [7, 11) is 0. The Labute approximate surface area is 75.0 Å². The number of fused-ring (bicyclic) bond motifs is 1. The van der Waals surface area contributed by atoms with Crippen LogP contribution in [-0.4, -0.2) is 23.2 Å². The Morgan fingerprint density at radius 3 is 3.17 bits per heavy atom. The summed E-state index contributed by atoms with van der Waals surface area (Å²) in [5, 5.41) is 0.559. The lowest BCUT2D eigenvalue weighted by Gasteiger charge is -2.24. The van der Waals surface area contributed by atoms with Crippen molar-refractivity contribution in [3.8, 4) is 0 Å². The van der Waals surface area contributed by atoms with Crippen molar-refractivity contribution in [2.75, 3.05) is 6.54 Å². The zero-order valence-electron chi connectivity index (χ0n) is 6.33. The van der Waals surface area contributed by atoms with Gasteiger partial charge in [0, 0.05) is 12.6 Å². The first-order valence-corrected chi connectivity index (χ1v) is 4.07. The van der Waals surface area contributed by atoms with Gasteiger partial charge in [-0.25, -0.2) is 0 Å². The SMILES string of the molecule is O=C1CCN=C2C=CC(Cl)=CN12. The van der Waals surface area contributed by atoms with E-state index < -0.39 is 0 Å². The summed E-state index contributed by atoms with van der Waals surface area (Å²) in [5.74, 6) is 0.748. The minimum atomic E-state index is 0.0579.